The molecule has 1 aliphatic heterocycles. The van der Waals surface area contributed by atoms with Gasteiger partial charge in [-0.1, -0.05) is 0 Å². The van der Waals surface area contributed by atoms with Crippen LogP contribution < -0.4 is 15.4 Å². The first-order valence-corrected chi connectivity index (χ1v) is 13.3. The molecule has 12 heteroatoms. The van der Waals surface area contributed by atoms with Crippen molar-refractivity contribution in [1.82, 2.24) is 19.9 Å². The highest BCUT2D eigenvalue weighted by atomic mass is 32.2. The number of pyridine rings is 1. The smallest absolute Gasteiger partial charge is 0.337 e. The molecular formula is C24H32F3N5O3S. The average Bonchev–Trinajstić information content (AvgIpc) is 2.79. The highest BCUT2D eigenvalue weighted by molar-refractivity contribution is 7.89. The summed E-state index contributed by atoms with van der Waals surface area (Å²) in [5.74, 6) is 0.353. The minimum atomic E-state index is -4.51. The number of urea groups is 1. The zero-order valence-electron chi connectivity index (χ0n) is 20.4. The van der Waals surface area contributed by atoms with Gasteiger partial charge in [0.2, 0.25) is 10.0 Å². The first-order chi connectivity index (χ1) is 16.9. The van der Waals surface area contributed by atoms with Gasteiger partial charge in [0, 0.05) is 36.7 Å². The summed E-state index contributed by atoms with van der Waals surface area (Å²) in [4.78, 5) is 18.5. The Morgan fingerprint density at radius 2 is 1.67 bits per heavy atom. The molecule has 1 aliphatic rings. The Morgan fingerprint density at radius 3 is 2.25 bits per heavy atom. The molecule has 0 unspecified atom stereocenters. The summed E-state index contributed by atoms with van der Waals surface area (Å²) >= 11 is 0. The molecule has 2 amide bonds. The lowest BCUT2D eigenvalue weighted by Crippen LogP contribution is -2.41. The second-order valence-electron chi connectivity index (χ2n) is 9.01. The van der Waals surface area contributed by atoms with E-state index in [4.69, 9.17) is 0 Å². The van der Waals surface area contributed by atoms with E-state index in [0.29, 0.717) is 24.6 Å². The number of anilines is 1. The number of aryl methyl sites for hydroxylation is 2. The molecule has 3 N–H and O–H groups in total. The molecule has 36 heavy (non-hydrogen) atoms. The molecule has 2 aromatic rings. The fourth-order valence-electron chi connectivity index (χ4n) is 4.21. The van der Waals surface area contributed by atoms with Gasteiger partial charge in [-0.15, -0.1) is 0 Å². The molecule has 1 aromatic carbocycles. The molecule has 2 heterocycles. The molecule has 0 atom stereocenters. The van der Waals surface area contributed by atoms with Gasteiger partial charge in [-0.2, -0.15) is 13.2 Å². The molecule has 198 valence electrons. The second kappa shape index (κ2) is 12.0. The Hall–Kier alpha value is -2.70. The number of halogens is 3. The van der Waals surface area contributed by atoms with Crippen molar-refractivity contribution in [2.45, 2.75) is 44.2 Å². The molecule has 3 rings (SSSR count). The summed E-state index contributed by atoms with van der Waals surface area (Å²) < 4.78 is 65.2. The van der Waals surface area contributed by atoms with Crippen LogP contribution in [0.15, 0.2) is 41.3 Å². The lowest BCUT2D eigenvalue weighted by atomic mass is 9.94. The van der Waals surface area contributed by atoms with E-state index in [1.165, 1.54) is 0 Å². The van der Waals surface area contributed by atoms with Crippen molar-refractivity contribution in [2.75, 3.05) is 38.0 Å². The summed E-state index contributed by atoms with van der Waals surface area (Å²) in [6.07, 6.45) is -2.04. The maximum absolute atomic E-state index is 12.7. The first-order valence-electron chi connectivity index (χ1n) is 11.8. The second-order valence-corrected chi connectivity index (χ2v) is 10.8. The van der Waals surface area contributed by atoms with Crippen LogP contribution in [-0.2, 0) is 16.2 Å². The molecule has 0 aliphatic carbocycles. The quantitative estimate of drug-likeness (QED) is 0.459. The van der Waals surface area contributed by atoms with E-state index in [2.05, 4.69) is 25.2 Å². The van der Waals surface area contributed by atoms with E-state index in [1.807, 2.05) is 13.8 Å². The number of aromatic nitrogens is 1. The van der Waals surface area contributed by atoms with Crippen LogP contribution in [0.1, 0.15) is 36.2 Å². The third-order valence-electron chi connectivity index (χ3n) is 6.10. The third-order valence-corrected chi connectivity index (χ3v) is 7.57. The fraction of sp³-hybridized carbons (Fsp3) is 0.500. The van der Waals surface area contributed by atoms with Crippen molar-refractivity contribution in [3.8, 4) is 0 Å². The van der Waals surface area contributed by atoms with Crippen LogP contribution in [0.2, 0.25) is 0 Å². The van der Waals surface area contributed by atoms with Crippen molar-refractivity contribution < 1.29 is 26.4 Å². The maximum atomic E-state index is 12.7. The van der Waals surface area contributed by atoms with Crippen molar-refractivity contribution in [1.29, 1.82) is 0 Å². The van der Waals surface area contributed by atoms with Gasteiger partial charge in [0.15, 0.2) is 0 Å². The largest absolute Gasteiger partial charge is 0.416 e. The number of carbonyl (C=O) groups is 1. The number of amides is 2. The zero-order chi connectivity index (χ0) is 26.3. The standard InChI is InChI=1S/C24H32F3N5O3S/c1-17-15-21(16-18(2)30-17)31-23(33)28-11-14-32-12-8-19(9-13-32)7-10-29-36(34,35)22-5-3-20(4-6-22)24(25,26)27/h3-6,15-16,19,29H,7-14H2,1-2H3,(H2,28,30,31,33). The Balaban J connectivity index is 1.32. The number of hydrogen-bond donors (Lipinski definition) is 3. The molecule has 1 aromatic heterocycles. The Morgan fingerprint density at radius 1 is 1.06 bits per heavy atom. The number of benzene rings is 1. The molecule has 0 saturated carbocycles. The van der Waals surface area contributed by atoms with E-state index in [0.717, 1.165) is 68.1 Å². The highest BCUT2D eigenvalue weighted by Crippen LogP contribution is 2.29. The molecule has 1 saturated heterocycles. The number of alkyl halides is 3. The van der Waals surface area contributed by atoms with Crippen LogP contribution in [-0.4, -0.2) is 57.1 Å². The lowest BCUT2D eigenvalue weighted by Gasteiger charge is -2.32. The topological polar surface area (TPSA) is 103 Å². The SMILES string of the molecule is Cc1cc(NC(=O)NCCN2CCC(CCNS(=O)(=O)c3ccc(C(F)(F)F)cc3)CC2)cc(C)n1. The van der Waals surface area contributed by atoms with E-state index in [1.54, 1.807) is 12.1 Å². The van der Waals surface area contributed by atoms with Crippen molar-refractivity contribution in [3.05, 3.63) is 53.3 Å². The average molecular weight is 528 g/mol. The minimum absolute atomic E-state index is 0.184. The highest BCUT2D eigenvalue weighted by Gasteiger charge is 2.30. The summed E-state index contributed by atoms with van der Waals surface area (Å²) in [6.45, 7) is 6.89. The number of nitrogens with zero attached hydrogens (tertiary/aromatic N) is 2. The van der Waals surface area contributed by atoms with Crippen LogP contribution in [0.5, 0.6) is 0 Å². The maximum Gasteiger partial charge on any atom is 0.416 e. The molecule has 0 bridgehead atoms. The molecule has 0 spiro atoms. The minimum Gasteiger partial charge on any atom is -0.337 e. The van der Waals surface area contributed by atoms with Gasteiger partial charge < -0.3 is 15.5 Å². The number of hydrogen-bond acceptors (Lipinski definition) is 5. The van der Waals surface area contributed by atoms with Crippen LogP contribution in [0.4, 0.5) is 23.7 Å². The van der Waals surface area contributed by atoms with Crippen LogP contribution in [0.3, 0.4) is 0 Å². The fourth-order valence-corrected chi connectivity index (χ4v) is 5.26. The number of likely N-dealkylation sites (tertiary alicyclic amines) is 1. The lowest BCUT2D eigenvalue weighted by molar-refractivity contribution is -0.137. The Labute approximate surface area is 209 Å². The summed E-state index contributed by atoms with van der Waals surface area (Å²) in [5.41, 5.74) is 1.48. The predicted molar refractivity (Wildman–Crippen MR) is 131 cm³/mol. The number of rotatable bonds is 9. The predicted octanol–water partition coefficient (Wildman–Crippen LogP) is 3.92. The number of piperidine rings is 1. The van der Waals surface area contributed by atoms with Gasteiger partial charge in [-0.25, -0.2) is 17.9 Å². The van der Waals surface area contributed by atoms with Gasteiger partial charge >= 0.3 is 12.2 Å². The molecular weight excluding hydrogens is 495 g/mol. The van der Waals surface area contributed by atoms with Gasteiger partial charge in [0.05, 0.1) is 10.5 Å². The number of nitrogens with one attached hydrogen (secondary N) is 3. The van der Waals surface area contributed by atoms with Gasteiger partial charge in [-0.05, 0) is 88.5 Å². The van der Waals surface area contributed by atoms with E-state index >= 15 is 0 Å². The van der Waals surface area contributed by atoms with E-state index in [-0.39, 0.29) is 17.5 Å². The van der Waals surface area contributed by atoms with Gasteiger partial charge in [-0.3, -0.25) is 4.98 Å². The third kappa shape index (κ3) is 8.45. The first kappa shape index (κ1) is 27.9. The summed E-state index contributed by atoms with van der Waals surface area (Å²) in [7, 11) is -3.86. The Kier molecular flexibility index (Phi) is 9.31. The van der Waals surface area contributed by atoms with Crippen LogP contribution >= 0.6 is 0 Å². The van der Waals surface area contributed by atoms with Crippen molar-refractivity contribution >= 4 is 21.7 Å². The monoisotopic (exact) mass is 527 g/mol. The van der Waals surface area contributed by atoms with Crippen LogP contribution in [0.25, 0.3) is 0 Å². The Bertz CT molecular complexity index is 1110. The van der Waals surface area contributed by atoms with Gasteiger partial charge in [0.25, 0.3) is 0 Å². The summed E-state index contributed by atoms with van der Waals surface area (Å²) in [6, 6.07) is 6.82. The van der Waals surface area contributed by atoms with E-state index in [9.17, 15) is 26.4 Å². The number of sulfonamides is 1. The van der Waals surface area contributed by atoms with E-state index < -0.39 is 21.8 Å². The van der Waals surface area contributed by atoms with Gasteiger partial charge in [0.1, 0.15) is 0 Å². The normalized spacial score (nSPS) is 15.6. The van der Waals surface area contributed by atoms with Crippen molar-refractivity contribution in [2.24, 2.45) is 5.92 Å². The molecule has 0 radical (unpaired) electrons. The molecule has 8 nitrogen and oxygen atoms in total. The van der Waals surface area contributed by atoms with Crippen LogP contribution in [0, 0.1) is 19.8 Å². The summed E-state index contributed by atoms with van der Waals surface area (Å²) in [5, 5.41) is 5.67. The molecule has 1 fully saturated rings. The number of carbonyl (C=O) groups excluding carboxylic acids is 1. The van der Waals surface area contributed by atoms with Crippen molar-refractivity contribution in [3.63, 3.8) is 0 Å². The zero-order valence-corrected chi connectivity index (χ0v) is 21.2.